The Morgan fingerprint density at radius 2 is 2.00 bits per heavy atom. The van der Waals surface area contributed by atoms with Crippen LogP contribution < -0.4 is 0 Å². The molecule has 0 aliphatic heterocycles. The summed E-state index contributed by atoms with van der Waals surface area (Å²) in [5.41, 5.74) is 1.88. The molecule has 1 aromatic heterocycles. The molecule has 0 N–H and O–H groups in total. The summed E-state index contributed by atoms with van der Waals surface area (Å²) in [7, 11) is 0. The quantitative estimate of drug-likeness (QED) is 0.455. The monoisotopic (exact) mass is 430 g/mol. The van der Waals surface area contributed by atoms with Gasteiger partial charge in [-0.1, -0.05) is 22.0 Å². The van der Waals surface area contributed by atoms with Crippen molar-refractivity contribution in [3.05, 3.63) is 57.0 Å². The number of halogens is 4. The fourth-order valence-electron chi connectivity index (χ4n) is 2.26. The molecule has 1 unspecified atom stereocenters. The molecule has 21 heavy (non-hydrogen) atoms. The third kappa shape index (κ3) is 2.62. The molecule has 0 aliphatic carbocycles. The average molecular weight is 433 g/mol. The van der Waals surface area contributed by atoms with E-state index in [4.69, 9.17) is 11.6 Å². The molecule has 0 saturated heterocycles. The largest absolute Gasteiger partial charge is 0.294 e. The van der Waals surface area contributed by atoms with Gasteiger partial charge in [0.15, 0.2) is 5.82 Å². The summed E-state index contributed by atoms with van der Waals surface area (Å²) in [5.74, 6) is 0.256. The number of alkyl halides is 1. The van der Waals surface area contributed by atoms with Crippen LogP contribution in [0.2, 0.25) is 0 Å². The highest BCUT2D eigenvalue weighted by molar-refractivity contribution is 9.11. The van der Waals surface area contributed by atoms with E-state index in [0.29, 0.717) is 16.9 Å². The maximum absolute atomic E-state index is 14.0. The van der Waals surface area contributed by atoms with E-state index in [2.05, 4.69) is 36.8 Å². The van der Waals surface area contributed by atoms with E-state index in [1.54, 1.807) is 6.07 Å². The molecule has 0 fully saturated rings. The number of hydrogen-bond donors (Lipinski definition) is 0. The Morgan fingerprint density at radius 3 is 2.71 bits per heavy atom. The van der Waals surface area contributed by atoms with E-state index in [1.807, 2.05) is 35.8 Å². The van der Waals surface area contributed by atoms with Crippen LogP contribution in [0.1, 0.15) is 18.1 Å². The summed E-state index contributed by atoms with van der Waals surface area (Å²) in [6.45, 7) is 1.82. The molecule has 1 atom stereocenters. The van der Waals surface area contributed by atoms with Gasteiger partial charge in [-0.15, -0.1) is 11.6 Å². The zero-order valence-electron chi connectivity index (χ0n) is 10.9. The van der Waals surface area contributed by atoms with Gasteiger partial charge >= 0.3 is 0 Å². The minimum Gasteiger partial charge on any atom is -0.294 e. The molecule has 0 spiro atoms. The highest BCUT2D eigenvalue weighted by Gasteiger charge is 2.19. The predicted octanol–water partition coefficient (Wildman–Crippen LogP) is 5.99. The first kappa shape index (κ1) is 15.0. The summed E-state index contributed by atoms with van der Waals surface area (Å²) in [6.07, 6.45) is 0. The van der Waals surface area contributed by atoms with Gasteiger partial charge in [-0.25, -0.2) is 9.37 Å². The van der Waals surface area contributed by atoms with Crippen molar-refractivity contribution >= 4 is 54.5 Å². The number of hydrogen-bond acceptors (Lipinski definition) is 1. The minimum atomic E-state index is -0.351. The molecular formula is C15H10Br2ClFN2. The van der Waals surface area contributed by atoms with Gasteiger partial charge in [-0.05, 0) is 53.2 Å². The van der Waals surface area contributed by atoms with Crippen LogP contribution in [0.25, 0.3) is 16.7 Å². The molecular weight excluding hydrogens is 422 g/mol. The van der Waals surface area contributed by atoms with E-state index < -0.39 is 0 Å². The van der Waals surface area contributed by atoms with Gasteiger partial charge < -0.3 is 0 Å². The lowest BCUT2D eigenvalue weighted by molar-refractivity contribution is 0.637. The highest BCUT2D eigenvalue weighted by atomic mass is 79.9. The lowest BCUT2D eigenvalue weighted by Crippen LogP contribution is -2.02. The summed E-state index contributed by atoms with van der Waals surface area (Å²) < 4.78 is 17.7. The number of rotatable bonds is 2. The van der Waals surface area contributed by atoms with Gasteiger partial charge in [0, 0.05) is 8.95 Å². The Bertz CT molecular complexity index is 830. The van der Waals surface area contributed by atoms with Gasteiger partial charge in [0.05, 0.1) is 16.6 Å². The first-order chi connectivity index (χ1) is 9.99. The molecule has 6 heteroatoms. The topological polar surface area (TPSA) is 17.8 Å². The van der Waals surface area contributed by atoms with Crippen LogP contribution in [0, 0.1) is 5.82 Å². The number of para-hydroxylation sites is 1. The number of fused-ring (bicyclic) bond motifs is 1. The van der Waals surface area contributed by atoms with Crippen LogP contribution >= 0.6 is 43.5 Å². The third-order valence-electron chi connectivity index (χ3n) is 3.17. The van der Waals surface area contributed by atoms with Crippen molar-refractivity contribution in [3.63, 3.8) is 0 Å². The molecule has 3 rings (SSSR count). The summed E-state index contributed by atoms with van der Waals surface area (Å²) in [5, 5.41) is -0.345. The Labute approximate surface area is 143 Å². The van der Waals surface area contributed by atoms with Crippen LogP contribution in [-0.2, 0) is 0 Å². The van der Waals surface area contributed by atoms with E-state index >= 15 is 0 Å². The Kier molecular flexibility index (Phi) is 4.08. The third-order valence-corrected chi connectivity index (χ3v) is 4.53. The zero-order valence-corrected chi connectivity index (χ0v) is 14.9. The van der Waals surface area contributed by atoms with E-state index in [1.165, 1.54) is 6.07 Å². The Balaban J connectivity index is 2.42. The maximum Gasteiger partial charge on any atom is 0.151 e. The number of aromatic nitrogens is 2. The first-order valence-corrected chi connectivity index (χ1v) is 8.27. The van der Waals surface area contributed by atoms with Crippen LogP contribution in [0.15, 0.2) is 45.3 Å². The SMILES string of the molecule is CC(Cl)c1nc2c(F)cccc2n1-c1cc(Br)ccc1Br. The predicted molar refractivity (Wildman–Crippen MR) is 90.7 cm³/mol. The van der Waals surface area contributed by atoms with Gasteiger partial charge in [0.1, 0.15) is 11.3 Å². The fraction of sp³-hybridized carbons (Fsp3) is 0.133. The summed E-state index contributed by atoms with van der Waals surface area (Å²) in [6, 6.07) is 10.7. The highest BCUT2D eigenvalue weighted by Crippen LogP contribution is 2.33. The lowest BCUT2D eigenvalue weighted by atomic mass is 10.2. The molecule has 1 heterocycles. The van der Waals surface area contributed by atoms with Gasteiger partial charge in [-0.3, -0.25) is 4.57 Å². The standard InChI is InChI=1S/C15H10Br2ClFN2/c1-8(18)15-20-14-11(19)3-2-4-12(14)21(15)13-7-9(16)5-6-10(13)17/h2-8H,1H3. The van der Waals surface area contributed by atoms with Gasteiger partial charge in [-0.2, -0.15) is 0 Å². The molecule has 0 saturated carbocycles. The van der Waals surface area contributed by atoms with Crippen LogP contribution in [-0.4, -0.2) is 9.55 Å². The van der Waals surface area contributed by atoms with E-state index in [-0.39, 0.29) is 11.2 Å². The Hall–Kier alpha value is -0.910. The van der Waals surface area contributed by atoms with Crippen LogP contribution in [0.4, 0.5) is 4.39 Å². The molecule has 0 aliphatic rings. The number of nitrogens with zero attached hydrogens (tertiary/aromatic N) is 2. The van der Waals surface area contributed by atoms with E-state index in [0.717, 1.165) is 14.6 Å². The Morgan fingerprint density at radius 1 is 1.24 bits per heavy atom. The van der Waals surface area contributed by atoms with Crippen molar-refractivity contribution < 1.29 is 4.39 Å². The number of benzene rings is 2. The van der Waals surface area contributed by atoms with Crippen molar-refractivity contribution in [2.45, 2.75) is 12.3 Å². The second-order valence-electron chi connectivity index (χ2n) is 4.62. The second-order valence-corrected chi connectivity index (χ2v) is 7.05. The second kappa shape index (κ2) is 5.71. The van der Waals surface area contributed by atoms with Crippen molar-refractivity contribution in [1.29, 1.82) is 0 Å². The molecule has 0 amide bonds. The number of imidazole rings is 1. The lowest BCUT2D eigenvalue weighted by Gasteiger charge is -2.13. The zero-order chi connectivity index (χ0) is 15.1. The van der Waals surface area contributed by atoms with Crippen molar-refractivity contribution in [3.8, 4) is 5.69 Å². The normalized spacial score (nSPS) is 12.8. The van der Waals surface area contributed by atoms with Crippen LogP contribution in [0.5, 0.6) is 0 Å². The molecule has 0 radical (unpaired) electrons. The molecule has 3 aromatic rings. The maximum atomic E-state index is 14.0. The van der Waals surface area contributed by atoms with Gasteiger partial charge in [0.25, 0.3) is 0 Å². The van der Waals surface area contributed by atoms with Crippen molar-refractivity contribution in [2.75, 3.05) is 0 Å². The van der Waals surface area contributed by atoms with Crippen molar-refractivity contribution in [1.82, 2.24) is 9.55 Å². The van der Waals surface area contributed by atoms with Crippen molar-refractivity contribution in [2.24, 2.45) is 0 Å². The van der Waals surface area contributed by atoms with Gasteiger partial charge in [0.2, 0.25) is 0 Å². The molecule has 2 aromatic carbocycles. The summed E-state index contributed by atoms with van der Waals surface area (Å²) >= 11 is 13.2. The molecule has 108 valence electrons. The fourth-order valence-corrected chi connectivity index (χ4v) is 3.18. The smallest absolute Gasteiger partial charge is 0.151 e. The minimum absolute atomic E-state index is 0.326. The summed E-state index contributed by atoms with van der Waals surface area (Å²) in [4.78, 5) is 4.38. The van der Waals surface area contributed by atoms with Crippen LogP contribution in [0.3, 0.4) is 0 Å². The molecule has 2 nitrogen and oxygen atoms in total. The average Bonchev–Trinajstić information content (AvgIpc) is 2.82. The molecule has 0 bridgehead atoms. The first-order valence-electron chi connectivity index (χ1n) is 6.25. The van der Waals surface area contributed by atoms with E-state index in [9.17, 15) is 4.39 Å².